The van der Waals surface area contributed by atoms with Gasteiger partial charge in [-0.2, -0.15) is 0 Å². The van der Waals surface area contributed by atoms with Gasteiger partial charge < -0.3 is 0 Å². The molecule has 0 aliphatic carbocycles. The lowest BCUT2D eigenvalue weighted by molar-refractivity contribution is 0.0984. The van der Waals surface area contributed by atoms with E-state index in [2.05, 4.69) is 31.0 Å². The zero-order valence-electron chi connectivity index (χ0n) is 17.1. The summed E-state index contributed by atoms with van der Waals surface area (Å²) < 4.78 is 1.12. The maximum absolute atomic E-state index is 13.6. The number of hydrogen-bond acceptors (Lipinski definition) is 4. The second kappa shape index (κ2) is 7.76. The van der Waals surface area contributed by atoms with Crippen LogP contribution in [0.2, 0.25) is 0 Å². The van der Waals surface area contributed by atoms with Crippen molar-refractivity contribution >= 4 is 32.6 Å². The van der Waals surface area contributed by atoms with E-state index in [0.717, 1.165) is 32.6 Å². The van der Waals surface area contributed by atoms with Crippen LogP contribution >= 0.6 is 11.3 Å². The summed E-state index contributed by atoms with van der Waals surface area (Å²) in [5.74, 6) is -0.0532. The molecule has 0 aliphatic rings. The Balaban J connectivity index is 1.83. The van der Waals surface area contributed by atoms with E-state index in [1.54, 1.807) is 22.4 Å². The first-order valence-electron chi connectivity index (χ1n) is 9.60. The molecule has 0 unspecified atom stereocenters. The number of fused-ring (bicyclic) bond motifs is 1. The molecule has 29 heavy (non-hydrogen) atoms. The predicted octanol–water partition coefficient (Wildman–Crippen LogP) is 5.77. The average Bonchev–Trinajstić information content (AvgIpc) is 3.16. The second-order valence-corrected chi connectivity index (χ2v) is 8.38. The number of anilines is 1. The third-order valence-electron chi connectivity index (χ3n) is 5.07. The van der Waals surface area contributed by atoms with E-state index >= 15 is 0 Å². The standard InChI is InChI=1S/C24H23N3OS/c1-15-8-11-20(18(4)13-15)23(28)27(14-19-7-5-6-12-25-19)24-26-21-16(2)9-10-17(3)22(21)29-24/h5-13H,14H2,1-4H3. The van der Waals surface area contributed by atoms with E-state index in [1.807, 2.05) is 50.2 Å². The van der Waals surface area contributed by atoms with Gasteiger partial charge in [-0.1, -0.05) is 47.2 Å². The molecular formula is C24H23N3OS. The molecular weight excluding hydrogens is 378 g/mol. The van der Waals surface area contributed by atoms with Gasteiger partial charge in [0.1, 0.15) is 0 Å². The van der Waals surface area contributed by atoms with Gasteiger partial charge in [0, 0.05) is 11.8 Å². The van der Waals surface area contributed by atoms with Gasteiger partial charge in [-0.3, -0.25) is 14.7 Å². The number of benzene rings is 2. The van der Waals surface area contributed by atoms with Gasteiger partial charge in [-0.05, 0) is 62.6 Å². The third kappa shape index (κ3) is 3.78. The number of thiazole rings is 1. The van der Waals surface area contributed by atoms with Crippen molar-refractivity contribution in [3.63, 3.8) is 0 Å². The number of nitrogens with zero attached hydrogens (tertiary/aromatic N) is 3. The summed E-state index contributed by atoms with van der Waals surface area (Å²) in [5.41, 5.74) is 6.88. The molecule has 2 aromatic heterocycles. The number of carbonyl (C=O) groups is 1. The van der Waals surface area contributed by atoms with Crippen molar-refractivity contribution < 1.29 is 4.79 Å². The first kappa shape index (κ1) is 19.3. The van der Waals surface area contributed by atoms with Gasteiger partial charge in [-0.25, -0.2) is 4.98 Å². The topological polar surface area (TPSA) is 46.1 Å². The smallest absolute Gasteiger partial charge is 0.260 e. The van der Waals surface area contributed by atoms with Crippen molar-refractivity contribution in [2.24, 2.45) is 0 Å². The highest BCUT2D eigenvalue weighted by Gasteiger charge is 2.24. The van der Waals surface area contributed by atoms with Gasteiger partial charge in [0.15, 0.2) is 5.13 Å². The Morgan fingerprint density at radius 1 is 0.966 bits per heavy atom. The van der Waals surface area contributed by atoms with Gasteiger partial charge in [0.05, 0.1) is 22.5 Å². The highest BCUT2D eigenvalue weighted by Crippen LogP contribution is 2.34. The van der Waals surface area contributed by atoms with Crippen LogP contribution in [-0.2, 0) is 6.54 Å². The number of amides is 1. The van der Waals surface area contributed by atoms with Crippen LogP contribution in [-0.4, -0.2) is 15.9 Å². The predicted molar refractivity (Wildman–Crippen MR) is 120 cm³/mol. The molecule has 0 atom stereocenters. The van der Waals surface area contributed by atoms with Crippen molar-refractivity contribution in [1.29, 1.82) is 0 Å². The molecule has 0 saturated carbocycles. The minimum atomic E-state index is -0.0532. The van der Waals surface area contributed by atoms with Crippen molar-refractivity contribution in [2.75, 3.05) is 4.90 Å². The van der Waals surface area contributed by atoms with E-state index in [-0.39, 0.29) is 5.91 Å². The highest BCUT2D eigenvalue weighted by atomic mass is 32.1. The maximum Gasteiger partial charge on any atom is 0.260 e. The number of aryl methyl sites for hydroxylation is 4. The van der Waals surface area contributed by atoms with Crippen LogP contribution < -0.4 is 4.90 Å². The van der Waals surface area contributed by atoms with Crippen LogP contribution in [0.5, 0.6) is 0 Å². The molecule has 4 aromatic rings. The lowest BCUT2D eigenvalue weighted by Gasteiger charge is -2.20. The largest absolute Gasteiger partial charge is 0.278 e. The number of hydrogen-bond donors (Lipinski definition) is 0. The highest BCUT2D eigenvalue weighted by molar-refractivity contribution is 7.22. The fourth-order valence-electron chi connectivity index (χ4n) is 3.44. The lowest BCUT2D eigenvalue weighted by atomic mass is 10.0. The van der Waals surface area contributed by atoms with Crippen molar-refractivity contribution in [3.8, 4) is 0 Å². The Labute approximate surface area is 174 Å². The zero-order chi connectivity index (χ0) is 20.5. The Morgan fingerprint density at radius 3 is 2.45 bits per heavy atom. The van der Waals surface area contributed by atoms with Gasteiger partial charge >= 0.3 is 0 Å². The molecule has 0 spiro atoms. The number of rotatable bonds is 4. The van der Waals surface area contributed by atoms with Gasteiger partial charge in [0.2, 0.25) is 0 Å². The molecule has 0 N–H and O–H groups in total. The molecule has 146 valence electrons. The molecule has 1 amide bonds. The summed E-state index contributed by atoms with van der Waals surface area (Å²) in [6.45, 7) is 8.53. The van der Waals surface area contributed by atoms with Crippen LogP contribution in [0.15, 0.2) is 54.7 Å². The summed E-state index contributed by atoms with van der Waals surface area (Å²) in [7, 11) is 0. The van der Waals surface area contributed by atoms with Crippen LogP contribution in [0.25, 0.3) is 10.2 Å². The van der Waals surface area contributed by atoms with Crippen LogP contribution in [0.3, 0.4) is 0 Å². The Hall–Kier alpha value is -3.05. The van der Waals surface area contributed by atoms with Crippen LogP contribution in [0.4, 0.5) is 5.13 Å². The van der Waals surface area contributed by atoms with Crippen LogP contribution in [0.1, 0.15) is 38.3 Å². The summed E-state index contributed by atoms with van der Waals surface area (Å²) in [4.78, 5) is 24.6. The monoisotopic (exact) mass is 401 g/mol. The molecule has 2 heterocycles. The number of carbonyl (C=O) groups excluding carboxylic acids is 1. The summed E-state index contributed by atoms with van der Waals surface area (Å²) >= 11 is 1.56. The van der Waals surface area contributed by atoms with E-state index < -0.39 is 0 Å². The molecule has 0 radical (unpaired) electrons. The fourth-order valence-corrected chi connectivity index (χ4v) is 4.55. The van der Waals surface area contributed by atoms with Crippen molar-refractivity contribution in [2.45, 2.75) is 34.2 Å². The van der Waals surface area contributed by atoms with E-state index in [4.69, 9.17) is 4.98 Å². The Bertz CT molecular complexity index is 1160. The molecule has 5 heteroatoms. The zero-order valence-corrected chi connectivity index (χ0v) is 17.9. The maximum atomic E-state index is 13.6. The minimum absolute atomic E-state index is 0.0532. The third-order valence-corrected chi connectivity index (χ3v) is 6.28. The molecule has 0 saturated heterocycles. The quantitative estimate of drug-likeness (QED) is 0.436. The lowest BCUT2D eigenvalue weighted by Crippen LogP contribution is -2.31. The summed E-state index contributed by atoms with van der Waals surface area (Å²) in [5, 5.41) is 0.702. The molecule has 2 aromatic carbocycles. The summed E-state index contributed by atoms with van der Waals surface area (Å²) in [6, 6.07) is 15.9. The molecule has 0 aliphatic heterocycles. The first-order valence-corrected chi connectivity index (χ1v) is 10.4. The SMILES string of the molecule is Cc1ccc(C(=O)N(Cc2ccccn2)c2nc3c(C)ccc(C)c3s2)c(C)c1. The Kier molecular flexibility index (Phi) is 5.16. The molecule has 4 nitrogen and oxygen atoms in total. The van der Waals surface area contributed by atoms with Crippen LogP contribution in [0, 0.1) is 27.7 Å². The summed E-state index contributed by atoms with van der Waals surface area (Å²) in [6.07, 6.45) is 1.75. The fraction of sp³-hybridized carbons (Fsp3) is 0.208. The number of pyridine rings is 1. The molecule has 4 rings (SSSR count). The van der Waals surface area contributed by atoms with E-state index in [1.165, 1.54) is 5.56 Å². The van der Waals surface area contributed by atoms with Crippen molar-refractivity contribution in [3.05, 3.63) is 88.2 Å². The van der Waals surface area contributed by atoms with Gasteiger partial charge in [-0.15, -0.1) is 0 Å². The average molecular weight is 402 g/mol. The number of aromatic nitrogens is 2. The van der Waals surface area contributed by atoms with Gasteiger partial charge in [0.25, 0.3) is 5.91 Å². The van der Waals surface area contributed by atoms with E-state index in [9.17, 15) is 4.79 Å². The minimum Gasteiger partial charge on any atom is -0.278 e. The molecule has 0 bridgehead atoms. The van der Waals surface area contributed by atoms with Crippen molar-refractivity contribution in [1.82, 2.24) is 9.97 Å². The van der Waals surface area contributed by atoms with E-state index in [0.29, 0.717) is 17.2 Å². The normalized spacial score (nSPS) is 11.0. The second-order valence-electron chi connectivity index (χ2n) is 7.40. The Morgan fingerprint density at radius 2 is 1.76 bits per heavy atom. The molecule has 0 fully saturated rings. The first-order chi connectivity index (χ1) is 13.9.